The molecule has 26 heavy (non-hydrogen) atoms. The van der Waals surface area contributed by atoms with Gasteiger partial charge in [0.2, 0.25) is 11.8 Å². The molecule has 2 saturated heterocycles. The number of aromatic nitrogens is 1. The van der Waals surface area contributed by atoms with Gasteiger partial charge in [0.25, 0.3) is 0 Å². The summed E-state index contributed by atoms with van der Waals surface area (Å²) >= 11 is 0. The van der Waals surface area contributed by atoms with Gasteiger partial charge in [-0.05, 0) is 32.0 Å². The van der Waals surface area contributed by atoms with Crippen LogP contribution in [0, 0.1) is 0 Å². The van der Waals surface area contributed by atoms with E-state index in [2.05, 4.69) is 27.1 Å². The third-order valence-electron chi connectivity index (χ3n) is 5.77. The molecular weight excluding hydrogens is 328 g/mol. The fourth-order valence-corrected chi connectivity index (χ4v) is 4.14. The maximum atomic E-state index is 11.8. The third-order valence-corrected chi connectivity index (χ3v) is 5.77. The van der Waals surface area contributed by atoms with E-state index in [1.165, 1.54) is 0 Å². The van der Waals surface area contributed by atoms with E-state index in [0.29, 0.717) is 12.3 Å². The topological polar surface area (TPSA) is 61.6 Å². The van der Waals surface area contributed by atoms with Crippen molar-refractivity contribution < 1.29 is 9.21 Å². The number of likely N-dealkylation sites (N-methyl/N-ethyl adjacent to an activating group) is 1. The van der Waals surface area contributed by atoms with Gasteiger partial charge in [0.15, 0.2) is 0 Å². The van der Waals surface area contributed by atoms with Crippen molar-refractivity contribution in [1.82, 2.24) is 20.1 Å². The summed E-state index contributed by atoms with van der Waals surface area (Å²) in [5, 5.41) is 3.01. The van der Waals surface area contributed by atoms with E-state index in [9.17, 15) is 4.79 Å². The number of amides is 1. The van der Waals surface area contributed by atoms with E-state index in [4.69, 9.17) is 4.42 Å². The number of oxazole rings is 1. The highest BCUT2D eigenvalue weighted by molar-refractivity contribution is 5.76. The number of nitrogens with one attached hydrogen (secondary N) is 1. The highest BCUT2D eigenvalue weighted by Crippen LogP contribution is 2.31. The normalized spacial score (nSPS) is 25.2. The molecule has 4 rings (SSSR count). The molecule has 6 heteroatoms. The summed E-state index contributed by atoms with van der Waals surface area (Å²) < 4.78 is 5.68. The molecule has 2 aromatic rings. The quantitative estimate of drug-likeness (QED) is 0.915. The highest BCUT2D eigenvalue weighted by Gasteiger charge is 2.40. The lowest BCUT2D eigenvalue weighted by Gasteiger charge is -2.49. The fraction of sp³-hybridized carbons (Fsp3) is 0.500. The monoisotopic (exact) mass is 354 g/mol. The van der Waals surface area contributed by atoms with Crippen LogP contribution in [0.4, 0.5) is 0 Å². The molecule has 0 radical (unpaired) electrons. The van der Waals surface area contributed by atoms with Crippen molar-refractivity contribution in [2.75, 3.05) is 33.2 Å². The number of hydrogen-bond acceptors (Lipinski definition) is 5. The number of benzene rings is 1. The van der Waals surface area contributed by atoms with Crippen LogP contribution in [0.5, 0.6) is 0 Å². The summed E-state index contributed by atoms with van der Waals surface area (Å²) in [5.74, 6) is 0.852. The second-order valence-electron chi connectivity index (χ2n) is 7.47. The first-order chi connectivity index (χ1) is 12.6. The molecule has 1 atom stereocenters. The first kappa shape index (κ1) is 17.2. The Hall–Kier alpha value is -2.18. The number of rotatable bonds is 3. The van der Waals surface area contributed by atoms with Gasteiger partial charge in [-0.15, -0.1) is 0 Å². The van der Waals surface area contributed by atoms with Crippen molar-refractivity contribution in [2.45, 2.75) is 31.3 Å². The number of piperazine rings is 1. The Morgan fingerprint density at radius 1 is 1.23 bits per heavy atom. The molecule has 0 unspecified atom stereocenters. The number of hydrogen-bond donors (Lipinski definition) is 1. The van der Waals surface area contributed by atoms with E-state index in [1.54, 1.807) is 6.26 Å². The zero-order valence-electron chi connectivity index (χ0n) is 15.3. The fourth-order valence-electron chi connectivity index (χ4n) is 4.14. The average Bonchev–Trinajstić information content (AvgIpc) is 3.04. The van der Waals surface area contributed by atoms with Gasteiger partial charge in [-0.1, -0.05) is 18.2 Å². The van der Waals surface area contributed by atoms with E-state index in [1.807, 2.05) is 30.3 Å². The first-order valence-electron chi connectivity index (χ1n) is 9.35. The van der Waals surface area contributed by atoms with Gasteiger partial charge in [-0.2, -0.15) is 0 Å². The molecule has 0 bridgehead atoms. The maximum Gasteiger partial charge on any atom is 0.226 e. The smallest absolute Gasteiger partial charge is 0.226 e. The van der Waals surface area contributed by atoms with Crippen LogP contribution in [-0.2, 0) is 11.3 Å². The molecule has 1 amide bonds. The minimum atomic E-state index is 0.0728. The van der Waals surface area contributed by atoms with Crippen molar-refractivity contribution in [2.24, 2.45) is 0 Å². The molecule has 0 aliphatic carbocycles. The maximum absolute atomic E-state index is 11.8. The summed E-state index contributed by atoms with van der Waals surface area (Å²) in [6.45, 7) is 4.53. The molecule has 2 aliphatic heterocycles. The predicted molar refractivity (Wildman–Crippen MR) is 99.4 cm³/mol. The third kappa shape index (κ3) is 3.52. The molecule has 2 fully saturated rings. The van der Waals surface area contributed by atoms with Gasteiger partial charge in [0, 0.05) is 50.2 Å². The molecule has 1 N–H and O–H groups in total. The van der Waals surface area contributed by atoms with E-state index < -0.39 is 0 Å². The van der Waals surface area contributed by atoms with Crippen LogP contribution in [0.15, 0.2) is 41.0 Å². The minimum absolute atomic E-state index is 0.0728. The van der Waals surface area contributed by atoms with Crippen LogP contribution in [0.3, 0.4) is 0 Å². The van der Waals surface area contributed by atoms with Crippen LogP contribution >= 0.6 is 0 Å². The SMILES string of the molecule is CN1CCN(Cc2coc(-c3ccccc3)n2)C[C@@]12CCNC(=O)CC2. The molecule has 1 aromatic heterocycles. The highest BCUT2D eigenvalue weighted by atomic mass is 16.3. The predicted octanol–water partition coefficient (Wildman–Crippen LogP) is 2.13. The van der Waals surface area contributed by atoms with E-state index in [-0.39, 0.29) is 11.4 Å². The zero-order chi connectivity index (χ0) is 18.0. The standard InChI is InChI=1S/C20H26N4O2/c1-23-11-12-24(15-20(23)8-7-18(25)21-10-9-20)13-17-14-26-19(22-17)16-5-3-2-4-6-16/h2-6,14H,7-13,15H2,1H3,(H,21,25)/t20-/m1/s1. The summed E-state index contributed by atoms with van der Waals surface area (Å²) in [4.78, 5) is 21.3. The second-order valence-corrected chi connectivity index (χ2v) is 7.47. The average molecular weight is 354 g/mol. The molecular formula is C20H26N4O2. The number of nitrogens with zero attached hydrogens (tertiary/aromatic N) is 3. The van der Waals surface area contributed by atoms with Crippen molar-refractivity contribution >= 4 is 5.91 Å². The Kier molecular flexibility index (Phi) is 4.78. The Morgan fingerprint density at radius 2 is 2.08 bits per heavy atom. The molecule has 1 spiro atoms. The van der Waals surface area contributed by atoms with Gasteiger partial charge >= 0.3 is 0 Å². The van der Waals surface area contributed by atoms with Gasteiger partial charge in [-0.25, -0.2) is 4.98 Å². The van der Waals surface area contributed by atoms with Crippen molar-refractivity contribution in [3.05, 3.63) is 42.3 Å². The second kappa shape index (κ2) is 7.21. The van der Waals surface area contributed by atoms with Crippen LogP contribution in [0.2, 0.25) is 0 Å². The molecule has 2 aliphatic rings. The van der Waals surface area contributed by atoms with Crippen LogP contribution in [-0.4, -0.2) is 59.5 Å². The van der Waals surface area contributed by atoms with Crippen molar-refractivity contribution in [3.63, 3.8) is 0 Å². The lowest BCUT2D eigenvalue weighted by molar-refractivity contribution is -0.121. The van der Waals surface area contributed by atoms with Gasteiger partial charge < -0.3 is 9.73 Å². The number of carbonyl (C=O) groups is 1. The van der Waals surface area contributed by atoms with Crippen LogP contribution < -0.4 is 5.32 Å². The molecule has 3 heterocycles. The lowest BCUT2D eigenvalue weighted by Crippen LogP contribution is -2.60. The lowest BCUT2D eigenvalue weighted by atomic mass is 9.86. The summed E-state index contributed by atoms with van der Waals surface area (Å²) in [7, 11) is 2.19. The molecule has 6 nitrogen and oxygen atoms in total. The van der Waals surface area contributed by atoms with Gasteiger partial charge in [-0.3, -0.25) is 14.6 Å². The Balaban J connectivity index is 1.45. The molecule has 138 valence electrons. The molecule has 0 saturated carbocycles. The Morgan fingerprint density at radius 3 is 2.92 bits per heavy atom. The van der Waals surface area contributed by atoms with Gasteiger partial charge in [0.05, 0.1) is 5.69 Å². The Labute approximate surface area is 154 Å². The van der Waals surface area contributed by atoms with Crippen molar-refractivity contribution in [3.8, 4) is 11.5 Å². The van der Waals surface area contributed by atoms with Crippen LogP contribution in [0.25, 0.3) is 11.5 Å². The van der Waals surface area contributed by atoms with Gasteiger partial charge in [0.1, 0.15) is 6.26 Å². The number of carbonyl (C=O) groups excluding carboxylic acids is 1. The minimum Gasteiger partial charge on any atom is -0.444 e. The molecule has 1 aromatic carbocycles. The summed E-state index contributed by atoms with van der Waals surface area (Å²) in [5.41, 5.74) is 2.04. The van der Waals surface area contributed by atoms with Crippen LogP contribution in [0.1, 0.15) is 25.0 Å². The summed E-state index contributed by atoms with van der Waals surface area (Å²) in [6.07, 6.45) is 4.30. The zero-order valence-corrected chi connectivity index (χ0v) is 15.3. The Bertz CT molecular complexity index is 760. The van der Waals surface area contributed by atoms with E-state index in [0.717, 1.165) is 56.8 Å². The van der Waals surface area contributed by atoms with Crippen molar-refractivity contribution in [1.29, 1.82) is 0 Å². The first-order valence-corrected chi connectivity index (χ1v) is 9.35. The summed E-state index contributed by atoms with van der Waals surface area (Å²) in [6, 6.07) is 9.99. The largest absolute Gasteiger partial charge is 0.444 e. The van der Waals surface area contributed by atoms with E-state index >= 15 is 0 Å².